The molecule has 0 spiro atoms. The van der Waals surface area contributed by atoms with Gasteiger partial charge in [-0.15, -0.1) is 0 Å². The largest absolute Gasteiger partial charge is 0.508 e. The molecular formula is C34H54N2O5. The summed E-state index contributed by atoms with van der Waals surface area (Å²) < 4.78 is 11.3. The number of fused-ring (bicyclic) bond motifs is 1. The topological polar surface area (TPSA) is 88.1 Å². The van der Waals surface area contributed by atoms with Gasteiger partial charge in [-0.3, -0.25) is 4.79 Å². The predicted molar refractivity (Wildman–Crippen MR) is 169 cm³/mol. The van der Waals surface area contributed by atoms with Crippen molar-refractivity contribution in [3.63, 3.8) is 0 Å². The molecule has 1 unspecified atom stereocenters. The molecule has 0 radical (unpaired) electrons. The van der Waals surface area contributed by atoms with Crippen molar-refractivity contribution in [1.29, 1.82) is 0 Å². The van der Waals surface area contributed by atoms with Crippen molar-refractivity contribution < 1.29 is 24.2 Å². The third-order valence-corrected chi connectivity index (χ3v) is 7.05. The van der Waals surface area contributed by atoms with Gasteiger partial charge in [-0.2, -0.15) is 0 Å². The van der Waals surface area contributed by atoms with Gasteiger partial charge in [0.1, 0.15) is 25.2 Å². The summed E-state index contributed by atoms with van der Waals surface area (Å²) in [5.41, 5.74) is 1.94. The maximum Gasteiger partial charge on any atom is 0.162 e. The number of aromatic hydroxyl groups is 1. The van der Waals surface area contributed by atoms with Crippen LogP contribution in [0, 0.1) is 0 Å². The number of hydrogen-bond donors (Lipinski definition) is 2. The van der Waals surface area contributed by atoms with Crippen molar-refractivity contribution >= 4 is 12.1 Å². The number of ether oxygens (including phenoxy) is 2. The molecule has 1 heterocycles. The molecule has 2 aromatic carbocycles. The highest BCUT2D eigenvalue weighted by molar-refractivity contribution is 5.96. The minimum Gasteiger partial charge on any atom is -0.508 e. The van der Waals surface area contributed by atoms with E-state index in [0.29, 0.717) is 37.7 Å². The smallest absolute Gasteiger partial charge is 0.162 e. The molecule has 230 valence electrons. The lowest BCUT2D eigenvalue weighted by Crippen LogP contribution is -2.41. The summed E-state index contributed by atoms with van der Waals surface area (Å²) in [7, 11) is 2.07. The van der Waals surface area contributed by atoms with E-state index in [1.54, 1.807) is 12.1 Å². The standard InChI is InChI=1S/C20H34N2O2.C13H16O3.CH4/c1-4-6-10-22(11-7-5-2)16-18(21-3)14-17-8-9-19-20(15-17)24-13-12-23-19;14-10-4-2-1-3-5-13(16)11-6-8-12(15)9-7-11;/h8-9,15,18,21H,4-7,10-14,16H2,1-3H3;6-10,15H,1-5H2;1H4. The normalized spacial score (nSPS) is 12.6. The van der Waals surface area contributed by atoms with Crippen molar-refractivity contribution in [2.45, 2.75) is 91.5 Å². The number of Topliss-reactive ketones (excluding diaryl/α,β-unsaturated/α-hetero) is 1. The number of carbonyl (C=O) groups excluding carboxylic acids is 2. The number of phenolic OH excluding ortho intramolecular Hbond substituents is 1. The van der Waals surface area contributed by atoms with Crippen LogP contribution in [0.25, 0.3) is 0 Å². The first-order chi connectivity index (χ1) is 19.5. The third kappa shape index (κ3) is 14.5. The van der Waals surface area contributed by atoms with E-state index in [9.17, 15) is 9.59 Å². The molecule has 0 fully saturated rings. The molecule has 7 heteroatoms. The molecular weight excluding hydrogens is 516 g/mol. The summed E-state index contributed by atoms with van der Waals surface area (Å²) in [5, 5.41) is 12.6. The van der Waals surface area contributed by atoms with E-state index >= 15 is 0 Å². The second kappa shape index (κ2) is 21.8. The monoisotopic (exact) mass is 570 g/mol. The molecule has 1 atom stereocenters. The molecule has 0 aliphatic carbocycles. The Kier molecular flexibility index (Phi) is 19.2. The highest BCUT2D eigenvalue weighted by Gasteiger charge is 2.16. The van der Waals surface area contributed by atoms with Crippen molar-refractivity contribution in [3.8, 4) is 17.2 Å². The van der Waals surface area contributed by atoms with Crippen LogP contribution in [0.4, 0.5) is 0 Å². The zero-order chi connectivity index (χ0) is 29.0. The molecule has 0 saturated carbocycles. The number of unbranched alkanes of at least 4 members (excludes halogenated alkanes) is 5. The number of benzene rings is 2. The Morgan fingerprint density at radius 3 is 2.22 bits per heavy atom. The molecule has 3 rings (SSSR count). The zero-order valence-electron chi connectivity index (χ0n) is 24.8. The second-order valence-corrected chi connectivity index (χ2v) is 10.4. The van der Waals surface area contributed by atoms with Crippen LogP contribution in [0.15, 0.2) is 42.5 Å². The first-order valence-corrected chi connectivity index (χ1v) is 15.0. The molecule has 0 bridgehead atoms. The summed E-state index contributed by atoms with van der Waals surface area (Å²) in [5.74, 6) is 2.02. The fraction of sp³-hybridized carbons (Fsp3) is 0.588. The fourth-order valence-corrected chi connectivity index (χ4v) is 4.61. The second-order valence-electron chi connectivity index (χ2n) is 10.4. The van der Waals surface area contributed by atoms with Crippen LogP contribution in [0.3, 0.4) is 0 Å². The fourth-order valence-electron chi connectivity index (χ4n) is 4.61. The first kappa shape index (κ1) is 36.1. The Bertz CT molecular complexity index is 972. The Labute approximate surface area is 248 Å². The number of aldehydes is 1. The van der Waals surface area contributed by atoms with Crippen LogP contribution in [-0.4, -0.2) is 68.0 Å². The van der Waals surface area contributed by atoms with Crippen molar-refractivity contribution in [2.24, 2.45) is 0 Å². The predicted octanol–water partition coefficient (Wildman–Crippen LogP) is 6.85. The number of carbonyl (C=O) groups is 2. The highest BCUT2D eigenvalue weighted by Crippen LogP contribution is 2.31. The SMILES string of the molecule is C.CCCCN(CCCC)CC(Cc1ccc2c(c1)OCCO2)NC.O=CCCCCCC(=O)c1ccc(O)cc1. The Balaban J connectivity index is 0.000000433. The minimum atomic E-state index is 0. The van der Waals surface area contributed by atoms with Gasteiger partial charge >= 0.3 is 0 Å². The number of nitrogens with one attached hydrogen (secondary N) is 1. The highest BCUT2D eigenvalue weighted by atomic mass is 16.6. The average Bonchev–Trinajstić information content (AvgIpc) is 2.98. The molecule has 1 aliphatic heterocycles. The van der Waals surface area contributed by atoms with Gasteiger partial charge in [-0.1, -0.05) is 46.6 Å². The number of phenols is 1. The van der Waals surface area contributed by atoms with Crippen LogP contribution < -0.4 is 14.8 Å². The summed E-state index contributed by atoms with van der Waals surface area (Å²) in [6, 6.07) is 13.1. The van der Waals surface area contributed by atoms with Gasteiger partial charge in [-0.05, 0) is 94.2 Å². The molecule has 0 aromatic heterocycles. The van der Waals surface area contributed by atoms with Crippen LogP contribution in [0.5, 0.6) is 17.2 Å². The van der Waals surface area contributed by atoms with Crippen LogP contribution >= 0.6 is 0 Å². The number of nitrogens with zero attached hydrogens (tertiary/aromatic N) is 1. The summed E-state index contributed by atoms with van der Waals surface area (Å²) >= 11 is 0. The molecule has 7 nitrogen and oxygen atoms in total. The van der Waals surface area contributed by atoms with Gasteiger partial charge in [0.15, 0.2) is 17.3 Å². The van der Waals surface area contributed by atoms with Gasteiger partial charge in [0, 0.05) is 31.0 Å². The Morgan fingerprint density at radius 2 is 1.61 bits per heavy atom. The quantitative estimate of drug-likeness (QED) is 0.115. The maximum atomic E-state index is 11.6. The lowest BCUT2D eigenvalue weighted by molar-refractivity contribution is -0.107. The van der Waals surface area contributed by atoms with E-state index in [0.717, 1.165) is 50.0 Å². The van der Waals surface area contributed by atoms with Gasteiger partial charge in [0.2, 0.25) is 0 Å². The lowest BCUT2D eigenvalue weighted by Gasteiger charge is -2.28. The van der Waals surface area contributed by atoms with Crippen molar-refractivity contribution in [3.05, 3.63) is 53.6 Å². The van der Waals surface area contributed by atoms with Crippen LogP contribution in [0.2, 0.25) is 0 Å². The summed E-state index contributed by atoms with van der Waals surface area (Å²) in [6.07, 6.45) is 10.7. The van der Waals surface area contributed by atoms with Crippen LogP contribution in [-0.2, 0) is 11.2 Å². The van der Waals surface area contributed by atoms with Crippen molar-refractivity contribution in [2.75, 3.05) is 39.9 Å². The number of likely N-dealkylation sites (N-methyl/N-ethyl adjacent to an activating group) is 1. The van der Waals surface area contributed by atoms with Crippen LogP contribution in [0.1, 0.15) is 95.0 Å². The van der Waals surface area contributed by atoms with E-state index in [1.165, 1.54) is 56.5 Å². The molecule has 0 amide bonds. The molecule has 0 saturated heterocycles. The number of hydrogen-bond acceptors (Lipinski definition) is 7. The summed E-state index contributed by atoms with van der Waals surface area (Å²) in [4.78, 5) is 24.3. The Hall–Kier alpha value is -2.90. The number of ketones is 1. The first-order valence-electron chi connectivity index (χ1n) is 15.0. The van der Waals surface area contributed by atoms with E-state index in [-0.39, 0.29) is 19.0 Å². The van der Waals surface area contributed by atoms with E-state index in [2.05, 4.69) is 43.2 Å². The molecule has 41 heavy (non-hydrogen) atoms. The lowest BCUT2D eigenvalue weighted by atomic mass is 10.0. The van der Waals surface area contributed by atoms with Crippen molar-refractivity contribution in [1.82, 2.24) is 10.2 Å². The summed E-state index contributed by atoms with van der Waals surface area (Å²) in [6.45, 7) is 9.34. The van der Waals surface area contributed by atoms with E-state index < -0.39 is 0 Å². The molecule has 2 N–H and O–H groups in total. The number of rotatable bonds is 18. The Morgan fingerprint density at radius 1 is 0.951 bits per heavy atom. The zero-order valence-corrected chi connectivity index (χ0v) is 24.8. The van der Waals surface area contributed by atoms with E-state index in [4.69, 9.17) is 14.6 Å². The van der Waals surface area contributed by atoms with Gasteiger partial charge in [-0.25, -0.2) is 0 Å². The average molecular weight is 571 g/mol. The van der Waals surface area contributed by atoms with Gasteiger partial charge in [0.25, 0.3) is 0 Å². The third-order valence-electron chi connectivity index (χ3n) is 7.05. The van der Waals surface area contributed by atoms with Gasteiger partial charge < -0.3 is 29.6 Å². The minimum absolute atomic E-state index is 0. The molecule has 1 aliphatic rings. The molecule has 2 aromatic rings. The maximum absolute atomic E-state index is 11.6. The van der Waals surface area contributed by atoms with Gasteiger partial charge in [0.05, 0.1) is 0 Å². The van der Waals surface area contributed by atoms with E-state index in [1.807, 2.05) is 6.07 Å².